The van der Waals surface area contributed by atoms with Crippen molar-refractivity contribution in [3.8, 4) is 0 Å². The van der Waals surface area contributed by atoms with E-state index in [9.17, 15) is 9.90 Å². The van der Waals surface area contributed by atoms with Crippen molar-refractivity contribution >= 4 is 5.97 Å². The summed E-state index contributed by atoms with van der Waals surface area (Å²) in [4.78, 5) is 10.9. The van der Waals surface area contributed by atoms with E-state index < -0.39 is 11.4 Å². The minimum absolute atomic E-state index is 0.0525. The molecule has 2 N–H and O–H groups in total. The number of aliphatic hydroxyl groups is 1. The molecule has 0 radical (unpaired) electrons. The third-order valence-corrected chi connectivity index (χ3v) is 3.03. The average Bonchev–Trinajstić information content (AvgIpc) is 2.29. The Morgan fingerprint density at radius 1 is 1.56 bits per heavy atom. The molecule has 0 amide bonds. The van der Waals surface area contributed by atoms with E-state index in [1.54, 1.807) is 18.2 Å². The summed E-state index contributed by atoms with van der Waals surface area (Å²) in [5, 5.41) is 18.3. The molecule has 1 atom stereocenters. The maximum atomic E-state index is 10.9. The van der Waals surface area contributed by atoms with Gasteiger partial charge in [0.05, 0.1) is 25.4 Å². The number of benzene rings is 1. The maximum Gasteiger partial charge on any atom is 0.335 e. The van der Waals surface area contributed by atoms with Gasteiger partial charge in [-0.15, -0.1) is 0 Å². The SMILES string of the molecule is C[C@]1(CO)COCc2ccc(C(=O)O)cc21. The van der Waals surface area contributed by atoms with E-state index in [0.717, 1.165) is 11.1 Å². The van der Waals surface area contributed by atoms with Crippen LogP contribution in [-0.2, 0) is 16.8 Å². The van der Waals surface area contributed by atoms with Gasteiger partial charge in [-0.1, -0.05) is 13.0 Å². The second-order valence-electron chi connectivity index (χ2n) is 4.39. The zero-order chi connectivity index (χ0) is 11.8. The summed E-state index contributed by atoms with van der Waals surface area (Å²) in [6.07, 6.45) is 0. The molecule has 0 fully saturated rings. The van der Waals surface area contributed by atoms with E-state index in [4.69, 9.17) is 9.84 Å². The fourth-order valence-electron chi connectivity index (χ4n) is 1.99. The van der Waals surface area contributed by atoms with Crippen LogP contribution in [0.2, 0.25) is 0 Å². The Kier molecular flexibility index (Phi) is 2.69. The number of carboxylic acid groups (broad SMARTS) is 1. The molecular formula is C12H14O4. The Morgan fingerprint density at radius 3 is 2.94 bits per heavy atom. The lowest BCUT2D eigenvalue weighted by molar-refractivity contribution is 0.0316. The first-order valence-electron chi connectivity index (χ1n) is 5.12. The predicted octanol–water partition coefficient (Wildman–Crippen LogP) is 1.17. The number of hydrogen-bond acceptors (Lipinski definition) is 3. The minimum atomic E-state index is -0.949. The largest absolute Gasteiger partial charge is 0.478 e. The smallest absolute Gasteiger partial charge is 0.335 e. The molecule has 0 aromatic heterocycles. The number of carbonyl (C=O) groups is 1. The van der Waals surface area contributed by atoms with E-state index in [2.05, 4.69) is 0 Å². The Hall–Kier alpha value is -1.39. The summed E-state index contributed by atoms with van der Waals surface area (Å²) in [6.45, 7) is 2.71. The van der Waals surface area contributed by atoms with E-state index in [1.807, 2.05) is 6.92 Å². The summed E-state index contributed by atoms with van der Waals surface area (Å²) >= 11 is 0. The van der Waals surface area contributed by atoms with Gasteiger partial charge in [0.2, 0.25) is 0 Å². The van der Waals surface area contributed by atoms with Gasteiger partial charge in [-0.05, 0) is 23.3 Å². The molecule has 1 heterocycles. The van der Waals surface area contributed by atoms with Crippen LogP contribution in [0.1, 0.15) is 28.4 Å². The normalized spacial score (nSPS) is 23.9. The van der Waals surface area contributed by atoms with E-state index in [1.165, 1.54) is 0 Å². The van der Waals surface area contributed by atoms with Crippen molar-refractivity contribution in [1.82, 2.24) is 0 Å². The van der Waals surface area contributed by atoms with Crippen molar-refractivity contribution < 1.29 is 19.7 Å². The Labute approximate surface area is 93.5 Å². The molecule has 0 bridgehead atoms. The second-order valence-corrected chi connectivity index (χ2v) is 4.39. The van der Waals surface area contributed by atoms with Crippen LogP contribution < -0.4 is 0 Å². The molecule has 1 aliphatic heterocycles. The molecule has 0 aliphatic carbocycles. The van der Waals surface area contributed by atoms with Crippen LogP contribution in [0.4, 0.5) is 0 Å². The van der Waals surface area contributed by atoms with Gasteiger partial charge < -0.3 is 14.9 Å². The van der Waals surface area contributed by atoms with Crippen LogP contribution in [-0.4, -0.2) is 29.4 Å². The molecule has 0 unspecified atom stereocenters. The quantitative estimate of drug-likeness (QED) is 0.788. The third kappa shape index (κ3) is 1.70. The topological polar surface area (TPSA) is 66.8 Å². The number of fused-ring (bicyclic) bond motifs is 1. The zero-order valence-corrected chi connectivity index (χ0v) is 9.06. The Morgan fingerprint density at radius 2 is 2.31 bits per heavy atom. The molecule has 1 aliphatic rings. The summed E-state index contributed by atoms with van der Waals surface area (Å²) in [5.41, 5.74) is 1.58. The van der Waals surface area contributed by atoms with Crippen molar-refractivity contribution in [1.29, 1.82) is 0 Å². The molecule has 86 valence electrons. The maximum absolute atomic E-state index is 10.9. The first-order valence-corrected chi connectivity index (χ1v) is 5.12. The summed E-state index contributed by atoms with van der Waals surface area (Å²) in [5.74, 6) is -0.949. The van der Waals surface area contributed by atoms with Gasteiger partial charge in [0.25, 0.3) is 0 Å². The van der Waals surface area contributed by atoms with E-state index >= 15 is 0 Å². The molecular weight excluding hydrogens is 208 g/mol. The summed E-state index contributed by atoms with van der Waals surface area (Å²) in [6, 6.07) is 4.95. The lowest BCUT2D eigenvalue weighted by Crippen LogP contribution is -2.37. The van der Waals surface area contributed by atoms with Crippen LogP contribution in [0.3, 0.4) is 0 Å². The van der Waals surface area contributed by atoms with Crippen LogP contribution >= 0.6 is 0 Å². The Balaban J connectivity index is 2.53. The van der Waals surface area contributed by atoms with Gasteiger partial charge in [-0.3, -0.25) is 0 Å². The van der Waals surface area contributed by atoms with Crippen LogP contribution in [0.15, 0.2) is 18.2 Å². The lowest BCUT2D eigenvalue weighted by atomic mass is 9.79. The van der Waals surface area contributed by atoms with Gasteiger partial charge in [0, 0.05) is 5.41 Å². The summed E-state index contributed by atoms with van der Waals surface area (Å²) < 4.78 is 5.40. The second kappa shape index (κ2) is 3.88. The molecule has 1 aromatic rings. The number of aliphatic hydroxyl groups excluding tert-OH is 1. The van der Waals surface area contributed by atoms with Gasteiger partial charge in [0.1, 0.15) is 0 Å². The highest BCUT2D eigenvalue weighted by Crippen LogP contribution is 2.32. The predicted molar refractivity (Wildman–Crippen MR) is 57.5 cm³/mol. The van der Waals surface area contributed by atoms with Crippen molar-refractivity contribution in [3.63, 3.8) is 0 Å². The molecule has 16 heavy (non-hydrogen) atoms. The highest BCUT2D eigenvalue weighted by Gasteiger charge is 2.32. The van der Waals surface area contributed by atoms with E-state index in [-0.39, 0.29) is 12.2 Å². The number of aromatic carboxylic acids is 1. The molecule has 2 rings (SSSR count). The zero-order valence-electron chi connectivity index (χ0n) is 9.06. The van der Waals surface area contributed by atoms with Crippen molar-refractivity contribution in [2.24, 2.45) is 0 Å². The van der Waals surface area contributed by atoms with Crippen LogP contribution in [0.25, 0.3) is 0 Å². The summed E-state index contributed by atoms with van der Waals surface area (Å²) in [7, 11) is 0. The first kappa shape index (κ1) is 11.1. The van der Waals surface area contributed by atoms with Gasteiger partial charge in [0.15, 0.2) is 0 Å². The molecule has 4 heteroatoms. The molecule has 0 saturated heterocycles. The monoisotopic (exact) mass is 222 g/mol. The standard InChI is InChI=1S/C12H14O4/c1-12(6-13)7-16-5-9-3-2-8(11(14)15)4-10(9)12/h2-4,13H,5-7H2,1H3,(H,14,15)/t12-/m0/s1. The number of carboxylic acids is 1. The van der Waals surface area contributed by atoms with Crippen molar-refractivity contribution in [3.05, 3.63) is 34.9 Å². The lowest BCUT2D eigenvalue weighted by Gasteiger charge is -2.34. The molecule has 1 aromatic carbocycles. The highest BCUT2D eigenvalue weighted by atomic mass is 16.5. The van der Waals surface area contributed by atoms with Crippen molar-refractivity contribution in [2.45, 2.75) is 18.9 Å². The fraction of sp³-hybridized carbons (Fsp3) is 0.417. The average molecular weight is 222 g/mol. The van der Waals surface area contributed by atoms with Crippen LogP contribution in [0, 0.1) is 0 Å². The first-order chi connectivity index (χ1) is 7.57. The molecule has 0 spiro atoms. The van der Waals surface area contributed by atoms with Crippen LogP contribution in [0.5, 0.6) is 0 Å². The fourth-order valence-corrected chi connectivity index (χ4v) is 1.99. The minimum Gasteiger partial charge on any atom is -0.478 e. The highest BCUT2D eigenvalue weighted by molar-refractivity contribution is 5.88. The number of rotatable bonds is 2. The van der Waals surface area contributed by atoms with Gasteiger partial charge in [-0.2, -0.15) is 0 Å². The molecule has 4 nitrogen and oxygen atoms in total. The third-order valence-electron chi connectivity index (χ3n) is 3.03. The Bertz CT molecular complexity index is 427. The number of hydrogen-bond donors (Lipinski definition) is 2. The van der Waals surface area contributed by atoms with Crippen molar-refractivity contribution in [2.75, 3.05) is 13.2 Å². The molecule has 0 saturated carbocycles. The van der Waals surface area contributed by atoms with Gasteiger partial charge in [-0.25, -0.2) is 4.79 Å². The number of ether oxygens (including phenoxy) is 1. The van der Waals surface area contributed by atoms with Gasteiger partial charge >= 0.3 is 5.97 Å². The van der Waals surface area contributed by atoms with E-state index in [0.29, 0.717) is 13.2 Å².